The van der Waals surface area contributed by atoms with E-state index in [0.717, 1.165) is 12.1 Å². The molecule has 284 valence electrons. The summed E-state index contributed by atoms with van der Waals surface area (Å²) in [6.07, 6.45) is -3.37. The van der Waals surface area contributed by atoms with Gasteiger partial charge in [-0.25, -0.2) is 14.0 Å². The molecular weight excluding hydrogens is 686 g/mol. The second-order valence-corrected chi connectivity index (χ2v) is 14.9. The van der Waals surface area contributed by atoms with Crippen molar-refractivity contribution in [2.24, 2.45) is 22.1 Å². The predicted molar refractivity (Wildman–Crippen MR) is 190 cm³/mol. The van der Waals surface area contributed by atoms with E-state index in [0.29, 0.717) is 23.7 Å². The molecule has 15 heteroatoms. The third-order valence-electron chi connectivity index (χ3n) is 8.13. The van der Waals surface area contributed by atoms with E-state index in [2.05, 4.69) is 20.9 Å². The molecular formula is C37H47F4N5O6. The number of hydrogen-bond donors (Lipinski definition) is 5. The summed E-state index contributed by atoms with van der Waals surface area (Å²) >= 11 is 0. The molecule has 0 fully saturated rings. The summed E-state index contributed by atoms with van der Waals surface area (Å²) in [5.74, 6) is -2.52. The first-order valence-electron chi connectivity index (χ1n) is 16.5. The molecule has 1 aliphatic rings. The third kappa shape index (κ3) is 12.1. The number of halogens is 4. The van der Waals surface area contributed by atoms with Gasteiger partial charge in [-0.1, -0.05) is 44.2 Å². The Hall–Kier alpha value is -4.92. The molecule has 0 saturated heterocycles. The van der Waals surface area contributed by atoms with Crippen molar-refractivity contribution < 1.29 is 46.5 Å². The second-order valence-electron chi connectivity index (χ2n) is 14.9. The molecule has 4 unspecified atom stereocenters. The van der Waals surface area contributed by atoms with Crippen LogP contribution in [0.15, 0.2) is 71.4 Å². The molecule has 2 aromatic carbocycles. The van der Waals surface area contributed by atoms with E-state index in [9.17, 15) is 32.7 Å². The number of alkyl carbamates (subject to hydrolysis) is 1. The zero-order chi connectivity index (χ0) is 39.2. The van der Waals surface area contributed by atoms with Crippen molar-refractivity contribution in [3.63, 3.8) is 0 Å². The maximum absolute atomic E-state index is 15.0. The highest BCUT2D eigenvalue weighted by Crippen LogP contribution is 2.39. The van der Waals surface area contributed by atoms with Crippen LogP contribution in [0, 0.1) is 17.2 Å². The number of rotatable bonds is 9. The van der Waals surface area contributed by atoms with Gasteiger partial charge in [-0.2, -0.15) is 13.2 Å². The van der Waals surface area contributed by atoms with Crippen LogP contribution in [-0.4, -0.2) is 58.9 Å². The molecule has 0 saturated carbocycles. The number of carbonyl (C=O) groups is 3. The minimum Gasteiger partial charge on any atom is -0.444 e. The van der Waals surface area contributed by atoms with Crippen LogP contribution in [0.1, 0.15) is 79.0 Å². The Balaban J connectivity index is 1.86. The lowest BCUT2D eigenvalue weighted by molar-refractivity contribution is -0.110. The molecule has 0 radical (unpaired) electrons. The van der Waals surface area contributed by atoms with Crippen molar-refractivity contribution >= 4 is 35.2 Å². The maximum Gasteiger partial charge on any atom is 0.430 e. The number of anilines is 2. The van der Waals surface area contributed by atoms with E-state index in [1.54, 1.807) is 60.6 Å². The Bertz CT molecular complexity index is 1710. The van der Waals surface area contributed by atoms with Gasteiger partial charge in [0.15, 0.2) is 0 Å². The Morgan fingerprint density at radius 2 is 1.56 bits per heavy atom. The molecule has 0 aromatic heterocycles. The first kappa shape index (κ1) is 41.5. The summed E-state index contributed by atoms with van der Waals surface area (Å²) in [4.78, 5) is 42.2. The fourth-order valence-electron chi connectivity index (χ4n) is 5.13. The minimum atomic E-state index is -4.99. The molecule has 4 atom stereocenters. The molecule has 52 heavy (non-hydrogen) atoms. The van der Waals surface area contributed by atoms with E-state index in [-0.39, 0.29) is 12.1 Å². The highest BCUT2D eigenvalue weighted by molar-refractivity contribution is 6.47. The Labute approximate surface area is 300 Å². The van der Waals surface area contributed by atoms with Crippen LogP contribution in [0.4, 0.5) is 38.5 Å². The number of alkyl halides is 3. The Morgan fingerprint density at radius 3 is 2.13 bits per heavy atom. The Kier molecular flexibility index (Phi) is 12.9. The number of aliphatic hydroxyl groups is 1. The summed E-state index contributed by atoms with van der Waals surface area (Å²) in [5.41, 5.74) is 1.34. The number of aliphatic imine (C=N–C) groups is 1. The molecule has 0 spiro atoms. The van der Waals surface area contributed by atoms with Gasteiger partial charge in [0.25, 0.3) is 5.91 Å². The number of nitrogens with zero attached hydrogens (tertiary/aromatic N) is 1. The monoisotopic (exact) mass is 733 g/mol. The summed E-state index contributed by atoms with van der Waals surface area (Å²) in [7, 11) is 0. The van der Waals surface area contributed by atoms with Crippen LogP contribution in [0.2, 0.25) is 0 Å². The number of carbonyl (C=O) groups excluding carboxylic acids is 3. The van der Waals surface area contributed by atoms with Gasteiger partial charge >= 0.3 is 18.4 Å². The number of ether oxygens (including phenoxy) is 2. The van der Waals surface area contributed by atoms with E-state index >= 15 is 4.39 Å². The number of nitrogens with one attached hydrogen (secondary N) is 3. The van der Waals surface area contributed by atoms with Crippen LogP contribution in [-0.2, 0) is 14.3 Å². The van der Waals surface area contributed by atoms with E-state index in [4.69, 9.17) is 15.2 Å². The van der Waals surface area contributed by atoms with Crippen molar-refractivity contribution in [2.45, 2.75) is 91.3 Å². The summed E-state index contributed by atoms with van der Waals surface area (Å²) in [5, 5.41) is 18.6. The summed E-state index contributed by atoms with van der Waals surface area (Å²) in [6.45, 7) is 14.1. The first-order chi connectivity index (χ1) is 23.9. The number of benzene rings is 2. The molecule has 0 heterocycles. The molecule has 3 rings (SSSR count). The van der Waals surface area contributed by atoms with Gasteiger partial charge in [0, 0.05) is 12.2 Å². The lowest BCUT2D eigenvalue weighted by Crippen LogP contribution is -2.45. The largest absolute Gasteiger partial charge is 0.444 e. The minimum absolute atomic E-state index is 0.144. The van der Waals surface area contributed by atoms with Gasteiger partial charge in [0.1, 0.15) is 34.5 Å². The van der Waals surface area contributed by atoms with Crippen molar-refractivity contribution in [2.75, 3.05) is 17.2 Å². The maximum atomic E-state index is 15.0. The highest BCUT2D eigenvalue weighted by Gasteiger charge is 2.39. The van der Waals surface area contributed by atoms with Gasteiger partial charge in [-0.15, -0.1) is 0 Å². The predicted octanol–water partition coefficient (Wildman–Crippen LogP) is 7.53. The normalized spacial score (nSPS) is 20.5. The van der Waals surface area contributed by atoms with Crippen molar-refractivity contribution in [3.05, 3.63) is 83.3 Å². The van der Waals surface area contributed by atoms with E-state index in [1.165, 1.54) is 30.3 Å². The first-order valence-corrected chi connectivity index (χ1v) is 16.5. The second kappa shape index (κ2) is 16.2. The van der Waals surface area contributed by atoms with Crippen LogP contribution < -0.4 is 21.7 Å². The lowest BCUT2D eigenvalue weighted by atomic mass is 9.69. The van der Waals surface area contributed by atoms with Crippen LogP contribution in [0.25, 0.3) is 0 Å². The molecule has 1 aliphatic carbocycles. The average molecular weight is 734 g/mol. The number of hydrogen-bond acceptors (Lipinski definition) is 8. The summed E-state index contributed by atoms with van der Waals surface area (Å²) < 4.78 is 66.1. The molecule has 0 aliphatic heterocycles. The van der Waals surface area contributed by atoms with Gasteiger partial charge in [-0.05, 0) is 101 Å². The van der Waals surface area contributed by atoms with Gasteiger partial charge < -0.3 is 30.9 Å². The number of allylic oxidation sites excluding steroid dienone is 2. The molecule has 6 N–H and O–H groups in total. The third-order valence-corrected chi connectivity index (χ3v) is 8.13. The smallest absolute Gasteiger partial charge is 0.430 e. The SMILES string of the molecule is CC1C(N=C(C=C(N)C(F)(F)F)C(=O)Nc2cc(C(O)c3ccc(NC(=O)OC(C)(C)C)cc3)ccc2F)C=CCC1(C)CNC(=O)OC(C)(C)C. The standard InChI is InChI=1S/C37H47F4N5O6/c1-21-26(10-9-17-36(21,8)20-43-32(49)51-34(2,3)4)45-28(19-29(42)37(39,40)41)31(48)46-27-18-23(13-16-25(27)38)30(47)22-11-14-24(15-12-22)44-33(50)52-35(5,6)7/h9-16,18-19,21,26,30,47H,17,20,42H2,1-8H3,(H,43,49)(H,44,50)(H,46,48). The molecule has 3 amide bonds. The topological polar surface area (TPSA) is 164 Å². The quantitative estimate of drug-likeness (QED) is 0.101. The fraction of sp³-hybridized carbons (Fsp3) is 0.459. The zero-order valence-electron chi connectivity index (χ0n) is 30.4. The summed E-state index contributed by atoms with van der Waals surface area (Å²) in [6, 6.07) is 8.65. The van der Waals surface area contributed by atoms with E-state index in [1.807, 2.05) is 6.92 Å². The fourth-order valence-corrected chi connectivity index (χ4v) is 5.13. The van der Waals surface area contributed by atoms with Crippen molar-refractivity contribution in [1.29, 1.82) is 0 Å². The molecule has 11 nitrogen and oxygen atoms in total. The number of aliphatic hydroxyl groups excluding tert-OH is 1. The highest BCUT2D eigenvalue weighted by atomic mass is 19.4. The van der Waals surface area contributed by atoms with Gasteiger partial charge in [0.2, 0.25) is 0 Å². The lowest BCUT2D eigenvalue weighted by Gasteiger charge is -2.40. The van der Waals surface area contributed by atoms with Gasteiger partial charge in [0.05, 0.1) is 11.7 Å². The van der Waals surface area contributed by atoms with Crippen LogP contribution in [0.3, 0.4) is 0 Å². The van der Waals surface area contributed by atoms with Crippen LogP contribution >= 0.6 is 0 Å². The van der Waals surface area contributed by atoms with Gasteiger partial charge in [-0.3, -0.25) is 15.1 Å². The van der Waals surface area contributed by atoms with Crippen molar-refractivity contribution in [1.82, 2.24) is 5.32 Å². The van der Waals surface area contributed by atoms with Crippen molar-refractivity contribution in [3.8, 4) is 0 Å². The van der Waals surface area contributed by atoms with E-state index < -0.39 is 81.9 Å². The average Bonchev–Trinajstić information content (AvgIpc) is 3.01. The molecule has 2 aromatic rings. The zero-order valence-corrected chi connectivity index (χ0v) is 30.4. The number of amides is 3. The molecule has 0 bridgehead atoms. The van der Waals surface area contributed by atoms with Crippen LogP contribution in [0.5, 0.6) is 0 Å². The number of nitrogens with two attached hydrogens (primary N) is 1. The Morgan fingerprint density at radius 1 is 0.981 bits per heavy atom.